The van der Waals surface area contributed by atoms with E-state index in [9.17, 15) is 0 Å². The molecule has 1 aromatic heterocycles. The fraction of sp³-hybridized carbons (Fsp3) is 0.400. The minimum atomic E-state index is 0.405. The van der Waals surface area contributed by atoms with Gasteiger partial charge in [-0.2, -0.15) is 5.10 Å². The Hall–Kier alpha value is -1.53. The molecule has 1 N–H and O–H groups in total. The van der Waals surface area contributed by atoms with Crippen molar-refractivity contribution in [2.75, 3.05) is 13.7 Å². The van der Waals surface area contributed by atoms with Crippen LogP contribution in [0.25, 0.3) is 0 Å². The van der Waals surface area contributed by atoms with Crippen LogP contribution in [0.1, 0.15) is 18.2 Å². The maximum atomic E-state index is 5.85. The number of methoxy groups -OCH3 is 1. The number of halogens is 1. The number of ether oxygens (including phenoxy) is 2. The summed E-state index contributed by atoms with van der Waals surface area (Å²) in [5.41, 5.74) is 2.02. The summed E-state index contributed by atoms with van der Waals surface area (Å²) in [6.45, 7) is 4.21. The van der Waals surface area contributed by atoms with Crippen molar-refractivity contribution < 1.29 is 9.47 Å². The molecule has 114 valence electrons. The lowest BCUT2D eigenvalue weighted by Gasteiger charge is -2.14. The molecule has 0 aliphatic rings. The van der Waals surface area contributed by atoms with Gasteiger partial charge in [0.2, 0.25) is 0 Å². The van der Waals surface area contributed by atoms with E-state index in [2.05, 4.69) is 33.3 Å². The number of rotatable bonds is 7. The van der Waals surface area contributed by atoms with Crippen LogP contribution < -0.4 is 14.8 Å². The van der Waals surface area contributed by atoms with Crippen LogP contribution in [-0.2, 0) is 20.2 Å². The smallest absolute Gasteiger partial charge is 0.175 e. The summed E-state index contributed by atoms with van der Waals surface area (Å²) >= 11 is 3.55. The second-order valence-electron chi connectivity index (χ2n) is 4.66. The van der Waals surface area contributed by atoms with Gasteiger partial charge in [-0.1, -0.05) is 6.92 Å². The van der Waals surface area contributed by atoms with Crippen LogP contribution in [0, 0.1) is 0 Å². The monoisotopic (exact) mass is 353 g/mol. The summed E-state index contributed by atoms with van der Waals surface area (Å²) in [4.78, 5) is 0. The Morgan fingerprint density at radius 2 is 2.19 bits per heavy atom. The summed E-state index contributed by atoms with van der Waals surface area (Å²) in [5, 5.41) is 7.59. The molecule has 2 rings (SSSR count). The van der Waals surface area contributed by atoms with Crippen molar-refractivity contribution in [3.8, 4) is 11.5 Å². The molecule has 1 heterocycles. The molecular formula is C15H20BrN3O2. The first-order valence-electron chi connectivity index (χ1n) is 6.82. The lowest BCUT2D eigenvalue weighted by atomic mass is 10.2. The maximum Gasteiger partial charge on any atom is 0.175 e. The van der Waals surface area contributed by atoms with E-state index < -0.39 is 0 Å². The number of hydrogen-bond donors (Lipinski definition) is 1. The second-order valence-corrected chi connectivity index (χ2v) is 5.51. The third-order valence-electron chi connectivity index (χ3n) is 3.00. The molecule has 0 saturated carbocycles. The van der Waals surface area contributed by atoms with Crippen molar-refractivity contribution in [3.05, 3.63) is 40.1 Å². The fourth-order valence-electron chi connectivity index (χ4n) is 1.97. The first kappa shape index (κ1) is 15.9. The highest BCUT2D eigenvalue weighted by Crippen LogP contribution is 2.37. The van der Waals surface area contributed by atoms with Crippen molar-refractivity contribution >= 4 is 15.9 Å². The number of hydrogen-bond acceptors (Lipinski definition) is 4. The average Bonchev–Trinajstić information content (AvgIpc) is 2.89. The van der Waals surface area contributed by atoms with Crippen molar-refractivity contribution in [1.29, 1.82) is 0 Å². The molecule has 0 unspecified atom stereocenters. The molecule has 0 radical (unpaired) electrons. The first-order chi connectivity index (χ1) is 10.1. The van der Waals surface area contributed by atoms with Gasteiger partial charge in [-0.15, -0.1) is 0 Å². The molecule has 21 heavy (non-hydrogen) atoms. The Labute approximate surface area is 133 Å². The summed E-state index contributed by atoms with van der Waals surface area (Å²) in [5.74, 6) is 1.41. The molecule has 0 saturated heterocycles. The van der Waals surface area contributed by atoms with E-state index in [0.29, 0.717) is 18.1 Å². The third kappa shape index (κ3) is 4.22. The molecule has 0 fully saturated rings. The topological polar surface area (TPSA) is 48.3 Å². The van der Waals surface area contributed by atoms with Crippen molar-refractivity contribution in [1.82, 2.24) is 15.1 Å². The minimum Gasteiger partial charge on any atom is -0.493 e. The highest BCUT2D eigenvalue weighted by atomic mass is 79.9. The molecule has 2 aromatic rings. The van der Waals surface area contributed by atoms with Gasteiger partial charge in [0.15, 0.2) is 11.5 Å². The van der Waals surface area contributed by atoms with Gasteiger partial charge in [0.1, 0.15) is 6.61 Å². The lowest BCUT2D eigenvalue weighted by Crippen LogP contribution is -2.12. The van der Waals surface area contributed by atoms with Gasteiger partial charge >= 0.3 is 0 Å². The predicted molar refractivity (Wildman–Crippen MR) is 85.6 cm³/mol. The van der Waals surface area contributed by atoms with E-state index >= 15 is 0 Å². The zero-order valence-corrected chi connectivity index (χ0v) is 14.1. The van der Waals surface area contributed by atoms with Gasteiger partial charge in [-0.25, -0.2) is 0 Å². The standard InChI is InChI=1S/C15H20BrN3O2/c1-4-17-9-11-7-13(16)15(14(8-11)20-3)21-10-12-5-6-19(2)18-12/h5-8,17H,4,9-10H2,1-3H3. The Balaban J connectivity index is 2.14. The van der Waals surface area contributed by atoms with Crippen LogP contribution in [0.4, 0.5) is 0 Å². The van der Waals surface area contributed by atoms with E-state index in [1.54, 1.807) is 11.8 Å². The average molecular weight is 354 g/mol. The van der Waals surface area contributed by atoms with Gasteiger partial charge in [-0.3, -0.25) is 4.68 Å². The minimum absolute atomic E-state index is 0.405. The number of aryl methyl sites for hydroxylation is 1. The van der Waals surface area contributed by atoms with Crippen molar-refractivity contribution in [2.45, 2.75) is 20.1 Å². The summed E-state index contributed by atoms with van der Waals surface area (Å²) < 4.78 is 13.9. The molecule has 6 heteroatoms. The highest BCUT2D eigenvalue weighted by molar-refractivity contribution is 9.10. The van der Waals surface area contributed by atoms with E-state index in [0.717, 1.165) is 28.8 Å². The molecule has 0 atom stereocenters. The molecule has 1 aromatic carbocycles. The highest BCUT2D eigenvalue weighted by Gasteiger charge is 2.12. The summed E-state index contributed by atoms with van der Waals surface area (Å²) in [6, 6.07) is 5.96. The van der Waals surface area contributed by atoms with Crippen LogP contribution in [0.5, 0.6) is 11.5 Å². The zero-order chi connectivity index (χ0) is 15.2. The van der Waals surface area contributed by atoms with Gasteiger partial charge in [0.05, 0.1) is 17.3 Å². The number of nitrogens with zero attached hydrogens (tertiary/aromatic N) is 2. The largest absolute Gasteiger partial charge is 0.493 e. The number of benzene rings is 1. The second kappa shape index (κ2) is 7.47. The SMILES string of the molecule is CCNCc1cc(Br)c(OCc2ccn(C)n2)c(OC)c1. The van der Waals surface area contributed by atoms with Gasteiger partial charge < -0.3 is 14.8 Å². The fourth-order valence-corrected chi connectivity index (χ4v) is 2.57. The molecule has 5 nitrogen and oxygen atoms in total. The van der Waals surface area contributed by atoms with Gasteiger partial charge in [0, 0.05) is 19.8 Å². The first-order valence-corrected chi connectivity index (χ1v) is 7.61. The van der Waals surface area contributed by atoms with Crippen LogP contribution in [-0.4, -0.2) is 23.4 Å². The van der Waals surface area contributed by atoms with Crippen molar-refractivity contribution in [2.24, 2.45) is 7.05 Å². The van der Waals surface area contributed by atoms with Crippen LogP contribution in [0.3, 0.4) is 0 Å². The quantitative estimate of drug-likeness (QED) is 0.831. The Morgan fingerprint density at radius 1 is 1.38 bits per heavy atom. The molecule has 0 spiro atoms. The van der Waals surface area contributed by atoms with Crippen LogP contribution in [0.15, 0.2) is 28.9 Å². The van der Waals surface area contributed by atoms with E-state index in [1.807, 2.05) is 31.4 Å². The summed E-state index contributed by atoms with van der Waals surface area (Å²) in [7, 11) is 3.53. The Kier molecular flexibility index (Phi) is 5.64. The maximum absolute atomic E-state index is 5.85. The molecule has 0 aliphatic heterocycles. The normalized spacial score (nSPS) is 10.7. The Morgan fingerprint density at radius 3 is 2.81 bits per heavy atom. The lowest BCUT2D eigenvalue weighted by molar-refractivity contribution is 0.277. The van der Waals surface area contributed by atoms with E-state index in [4.69, 9.17) is 9.47 Å². The number of nitrogens with one attached hydrogen (secondary N) is 1. The number of aromatic nitrogens is 2. The molecule has 0 aliphatic carbocycles. The van der Waals surface area contributed by atoms with E-state index in [-0.39, 0.29) is 0 Å². The molecule has 0 amide bonds. The van der Waals surface area contributed by atoms with Crippen LogP contribution >= 0.6 is 15.9 Å². The molecule has 0 bridgehead atoms. The summed E-state index contributed by atoms with van der Waals surface area (Å²) in [6.07, 6.45) is 1.89. The van der Waals surface area contributed by atoms with Gasteiger partial charge in [-0.05, 0) is 46.2 Å². The van der Waals surface area contributed by atoms with Crippen LogP contribution in [0.2, 0.25) is 0 Å². The van der Waals surface area contributed by atoms with Gasteiger partial charge in [0.25, 0.3) is 0 Å². The zero-order valence-electron chi connectivity index (χ0n) is 12.5. The van der Waals surface area contributed by atoms with E-state index in [1.165, 1.54) is 0 Å². The predicted octanol–water partition coefficient (Wildman–Crippen LogP) is 2.88. The Bertz CT molecular complexity index is 599. The van der Waals surface area contributed by atoms with Crippen molar-refractivity contribution in [3.63, 3.8) is 0 Å². The molecular weight excluding hydrogens is 334 g/mol. The third-order valence-corrected chi connectivity index (χ3v) is 3.59.